The summed E-state index contributed by atoms with van der Waals surface area (Å²) in [6.45, 7) is -0.188. The van der Waals surface area contributed by atoms with Gasteiger partial charge in [0.25, 0.3) is 0 Å². The van der Waals surface area contributed by atoms with Crippen molar-refractivity contribution < 1.29 is 14.7 Å². The Kier molecular flexibility index (Phi) is 5.24. The van der Waals surface area contributed by atoms with Gasteiger partial charge in [-0.25, -0.2) is 4.79 Å². The maximum Gasteiger partial charge on any atom is 0.329 e. The van der Waals surface area contributed by atoms with Gasteiger partial charge in [0.15, 0.2) is 0 Å². The van der Waals surface area contributed by atoms with Crippen LogP contribution >= 0.6 is 11.3 Å². The molecule has 1 amide bonds. The quantitative estimate of drug-likeness (QED) is 0.672. The number of carbonyl (C=O) groups excluding carboxylic acids is 1. The molecular formula is C22H22N2O4S. The molecule has 2 N–H and O–H groups in total. The molecule has 1 heterocycles. The van der Waals surface area contributed by atoms with Crippen LogP contribution in [0, 0.1) is 0 Å². The van der Waals surface area contributed by atoms with E-state index in [4.69, 9.17) is 0 Å². The van der Waals surface area contributed by atoms with E-state index in [1.165, 1.54) is 4.57 Å². The number of hydrogen-bond donors (Lipinski definition) is 2. The summed E-state index contributed by atoms with van der Waals surface area (Å²) in [6, 6.07) is 15.6. The Balaban J connectivity index is 1.63. The second-order valence-corrected chi connectivity index (χ2v) is 8.49. The second kappa shape index (κ2) is 7.83. The third-order valence-corrected chi connectivity index (χ3v) is 6.53. The summed E-state index contributed by atoms with van der Waals surface area (Å²) in [6.07, 6.45) is 3.36. The standard InChI is InChI=1S/C22H22N2O4S/c25-19(23-22(20(26)27)11-5-2-6-12-22)14-24-17-13-16(15-7-3-1-4-8-15)9-10-18(17)29-21(24)28/h1,3-4,7-10,13H,2,5-6,11-12,14H2,(H,23,25)(H,26,27). The molecule has 3 aromatic rings. The van der Waals surface area contributed by atoms with E-state index in [9.17, 15) is 19.5 Å². The van der Waals surface area contributed by atoms with Crippen LogP contribution in [0.5, 0.6) is 0 Å². The molecule has 0 unspecified atom stereocenters. The lowest BCUT2D eigenvalue weighted by atomic mass is 9.81. The van der Waals surface area contributed by atoms with E-state index in [-0.39, 0.29) is 11.4 Å². The van der Waals surface area contributed by atoms with E-state index in [1.807, 2.05) is 48.5 Å². The molecule has 0 saturated heterocycles. The van der Waals surface area contributed by atoms with Crippen molar-refractivity contribution in [2.45, 2.75) is 44.2 Å². The first-order valence-electron chi connectivity index (χ1n) is 9.72. The molecule has 1 aliphatic carbocycles. The lowest BCUT2D eigenvalue weighted by Crippen LogP contribution is -2.56. The van der Waals surface area contributed by atoms with Crippen LogP contribution in [0.15, 0.2) is 53.3 Å². The molecule has 1 saturated carbocycles. The van der Waals surface area contributed by atoms with Gasteiger partial charge in [-0.3, -0.25) is 14.2 Å². The summed E-state index contributed by atoms with van der Waals surface area (Å²) in [5, 5.41) is 12.4. The van der Waals surface area contributed by atoms with Gasteiger partial charge in [0.2, 0.25) is 5.91 Å². The van der Waals surface area contributed by atoms with Crippen LogP contribution < -0.4 is 10.2 Å². The van der Waals surface area contributed by atoms with E-state index in [1.54, 1.807) is 0 Å². The van der Waals surface area contributed by atoms with Crippen LogP contribution in [0.3, 0.4) is 0 Å². The third-order valence-electron chi connectivity index (χ3n) is 5.57. The number of thiazole rings is 1. The van der Waals surface area contributed by atoms with Gasteiger partial charge >= 0.3 is 10.8 Å². The Labute approximate surface area is 171 Å². The lowest BCUT2D eigenvalue weighted by Gasteiger charge is -2.34. The number of fused-ring (bicyclic) bond motifs is 1. The molecule has 6 nitrogen and oxygen atoms in total. The first-order valence-corrected chi connectivity index (χ1v) is 10.5. The highest BCUT2D eigenvalue weighted by Crippen LogP contribution is 2.29. The third kappa shape index (κ3) is 3.82. The summed E-state index contributed by atoms with van der Waals surface area (Å²) in [7, 11) is 0. The number of carbonyl (C=O) groups is 2. The van der Waals surface area contributed by atoms with Crippen LogP contribution in [0.4, 0.5) is 0 Å². The Bertz CT molecular complexity index is 1110. The van der Waals surface area contributed by atoms with Crippen molar-refractivity contribution in [3.8, 4) is 11.1 Å². The van der Waals surface area contributed by atoms with E-state index in [0.29, 0.717) is 18.4 Å². The van der Waals surface area contributed by atoms with E-state index < -0.39 is 17.4 Å². The number of carboxylic acids is 1. The van der Waals surface area contributed by atoms with Crippen LogP contribution in [-0.2, 0) is 16.1 Å². The van der Waals surface area contributed by atoms with Gasteiger partial charge in [-0.2, -0.15) is 0 Å². The number of aliphatic carboxylic acids is 1. The molecule has 0 spiro atoms. The Morgan fingerprint density at radius 3 is 2.45 bits per heavy atom. The normalized spacial score (nSPS) is 15.9. The molecule has 1 aliphatic rings. The van der Waals surface area contributed by atoms with Gasteiger partial charge in [-0.15, -0.1) is 0 Å². The van der Waals surface area contributed by atoms with Crippen molar-refractivity contribution >= 4 is 33.4 Å². The van der Waals surface area contributed by atoms with Gasteiger partial charge in [-0.05, 0) is 36.1 Å². The molecule has 0 radical (unpaired) electrons. The zero-order valence-electron chi connectivity index (χ0n) is 15.9. The maximum absolute atomic E-state index is 12.7. The van der Waals surface area contributed by atoms with Crippen molar-refractivity contribution in [2.75, 3.05) is 0 Å². The predicted octanol–water partition coefficient (Wildman–Crippen LogP) is 3.63. The topological polar surface area (TPSA) is 88.4 Å². The molecule has 150 valence electrons. The molecule has 4 rings (SSSR count). The molecule has 0 atom stereocenters. The van der Waals surface area contributed by atoms with Gasteiger partial charge in [0.1, 0.15) is 12.1 Å². The molecular weight excluding hydrogens is 388 g/mol. The number of nitrogens with one attached hydrogen (secondary N) is 1. The summed E-state index contributed by atoms with van der Waals surface area (Å²) in [5.41, 5.74) is 1.44. The fraction of sp³-hybridized carbons (Fsp3) is 0.318. The van der Waals surface area contributed by atoms with Gasteiger partial charge in [0, 0.05) is 0 Å². The fourth-order valence-electron chi connectivity index (χ4n) is 4.02. The minimum Gasteiger partial charge on any atom is -0.480 e. The van der Waals surface area contributed by atoms with Crippen LogP contribution in [0.25, 0.3) is 21.3 Å². The van der Waals surface area contributed by atoms with Crippen molar-refractivity contribution in [2.24, 2.45) is 0 Å². The average molecular weight is 410 g/mol. The zero-order valence-corrected chi connectivity index (χ0v) is 16.7. The van der Waals surface area contributed by atoms with Crippen molar-refractivity contribution in [3.05, 3.63) is 58.2 Å². The van der Waals surface area contributed by atoms with Crippen LogP contribution in [-0.4, -0.2) is 27.1 Å². The largest absolute Gasteiger partial charge is 0.480 e. The minimum absolute atomic E-state index is 0.188. The maximum atomic E-state index is 12.7. The summed E-state index contributed by atoms with van der Waals surface area (Å²) >= 11 is 1.09. The first-order chi connectivity index (χ1) is 14.0. The molecule has 0 aliphatic heterocycles. The number of carboxylic acid groups (broad SMARTS) is 1. The molecule has 29 heavy (non-hydrogen) atoms. The monoisotopic (exact) mass is 410 g/mol. The summed E-state index contributed by atoms with van der Waals surface area (Å²) in [5.74, 6) is -1.44. The number of aromatic nitrogens is 1. The first kappa shape index (κ1) is 19.4. The number of rotatable bonds is 5. The SMILES string of the molecule is O=C(Cn1c(=O)sc2ccc(-c3ccccc3)cc21)NC1(C(=O)O)CCCCC1. The number of benzene rings is 2. The molecule has 0 bridgehead atoms. The Morgan fingerprint density at radius 2 is 1.76 bits per heavy atom. The predicted molar refractivity (Wildman–Crippen MR) is 113 cm³/mol. The highest BCUT2D eigenvalue weighted by atomic mass is 32.1. The van der Waals surface area contributed by atoms with Gasteiger partial charge in [-0.1, -0.05) is 67.0 Å². The summed E-state index contributed by atoms with van der Waals surface area (Å²) in [4.78, 5) is 36.8. The van der Waals surface area contributed by atoms with E-state index in [2.05, 4.69) is 5.32 Å². The lowest BCUT2D eigenvalue weighted by molar-refractivity contribution is -0.149. The summed E-state index contributed by atoms with van der Waals surface area (Å²) < 4.78 is 2.23. The molecule has 1 fully saturated rings. The number of hydrogen-bond acceptors (Lipinski definition) is 4. The van der Waals surface area contributed by atoms with E-state index in [0.717, 1.165) is 46.4 Å². The Morgan fingerprint density at radius 1 is 1.03 bits per heavy atom. The van der Waals surface area contributed by atoms with Crippen molar-refractivity contribution in [3.63, 3.8) is 0 Å². The smallest absolute Gasteiger partial charge is 0.329 e. The second-order valence-electron chi connectivity index (χ2n) is 7.50. The zero-order chi connectivity index (χ0) is 20.4. The molecule has 7 heteroatoms. The van der Waals surface area contributed by atoms with Crippen LogP contribution in [0.1, 0.15) is 32.1 Å². The molecule has 2 aromatic carbocycles. The number of nitrogens with zero attached hydrogens (tertiary/aromatic N) is 1. The highest BCUT2D eigenvalue weighted by molar-refractivity contribution is 7.16. The van der Waals surface area contributed by atoms with E-state index >= 15 is 0 Å². The van der Waals surface area contributed by atoms with Gasteiger partial charge < -0.3 is 10.4 Å². The Hall–Kier alpha value is -2.93. The van der Waals surface area contributed by atoms with Crippen molar-refractivity contribution in [1.82, 2.24) is 9.88 Å². The van der Waals surface area contributed by atoms with Crippen LogP contribution in [0.2, 0.25) is 0 Å². The van der Waals surface area contributed by atoms with Crippen molar-refractivity contribution in [1.29, 1.82) is 0 Å². The fourth-order valence-corrected chi connectivity index (χ4v) is 4.89. The van der Waals surface area contributed by atoms with Gasteiger partial charge in [0.05, 0.1) is 10.2 Å². The molecule has 1 aromatic heterocycles. The average Bonchev–Trinajstić information content (AvgIpc) is 3.03. The minimum atomic E-state index is -1.22. The highest BCUT2D eigenvalue weighted by Gasteiger charge is 2.40. The number of amides is 1.